The lowest BCUT2D eigenvalue weighted by atomic mass is 10.1. The number of thioether (sulfide) groups is 1. The van der Waals surface area contributed by atoms with Gasteiger partial charge in [0.2, 0.25) is 0 Å². The molecule has 0 spiro atoms. The Labute approximate surface area is 118 Å². The van der Waals surface area contributed by atoms with Crippen molar-refractivity contribution in [3.8, 4) is 0 Å². The second-order valence-corrected chi connectivity index (χ2v) is 6.94. The number of carbonyl (C=O) groups is 1. The third kappa shape index (κ3) is 2.57. The number of ketones is 1. The summed E-state index contributed by atoms with van der Waals surface area (Å²) >= 11 is 1.86. The van der Waals surface area contributed by atoms with Crippen LogP contribution in [0.15, 0.2) is 30.5 Å². The van der Waals surface area contributed by atoms with Gasteiger partial charge in [0.05, 0.1) is 5.25 Å². The summed E-state index contributed by atoms with van der Waals surface area (Å²) in [5, 5.41) is 1.79. The monoisotopic (exact) mass is 273 g/mol. The van der Waals surface area contributed by atoms with Gasteiger partial charge in [-0.3, -0.25) is 4.79 Å². The predicted molar refractivity (Wildman–Crippen MR) is 81.9 cm³/mol. The van der Waals surface area contributed by atoms with E-state index < -0.39 is 0 Å². The van der Waals surface area contributed by atoms with E-state index >= 15 is 0 Å². The Balaban J connectivity index is 1.78. The Hall–Kier alpha value is -1.22. The summed E-state index contributed by atoms with van der Waals surface area (Å²) in [6.45, 7) is 2.05. The van der Waals surface area contributed by atoms with Crippen molar-refractivity contribution in [3.63, 3.8) is 0 Å². The molecule has 0 saturated heterocycles. The van der Waals surface area contributed by atoms with Gasteiger partial charge in [0.15, 0.2) is 5.78 Å². The fraction of sp³-hybridized carbons (Fsp3) is 0.438. The van der Waals surface area contributed by atoms with Crippen molar-refractivity contribution in [2.45, 2.75) is 43.1 Å². The molecule has 2 nitrogen and oxygen atoms in total. The van der Waals surface area contributed by atoms with E-state index in [-0.39, 0.29) is 11.0 Å². The lowest BCUT2D eigenvalue weighted by Gasteiger charge is -2.14. The van der Waals surface area contributed by atoms with Crippen LogP contribution >= 0.6 is 11.8 Å². The summed E-state index contributed by atoms with van der Waals surface area (Å²) < 4.78 is 0. The highest BCUT2D eigenvalue weighted by molar-refractivity contribution is 8.01. The quantitative estimate of drug-likeness (QED) is 0.837. The molecule has 1 aliphatic rings. The maximum Gasteiger partial charge on any atom is 0.177 e. The highest BCUT2D eigenvalue weighted by Gasteiger charge is 2.24. The van der Waals surface area contributed by atoms with Crippen LogP contribution < -0.4 is 0 Å². The van der Waals surface area contributed by atoms with Gasteiger partial charge >= 0.3 is 0 Å². The minimum Gasteiger partial charge on any atom is -0.360 e. The first kappa shape index (κ1) is 12.8. The van der Waals surface area contributed by atoms with Crippen LogP contribution in [0.3, 0.4) is 0 Å². The standard InChI is InChI=1S/C16H19NOS/c1-11(19-12-6-2-3-7-12)16(18)14-10-17-15-9-5-4-8-13(14)15/h4-5,8-12,17H,2-3,6-7H2,1H3/t11-/m1/s1. The van der Waals surface area contributed by atoms with E-state index in [0.717, 1.165) is 16.5 Å². The largest absolute Gasteiger partial charge is 0.360 e. The average molecular weight is 273 g/mol. The number of rotatable bonds is 4. The van der Waals surface area contributed by atoms with Crippen LogP contribution in [0.1, 0.15) is 43.0 Å². The van der Waals surface area contributed by atoms with E-state index in [2.05, 4.69) is 4.98 Å². The molecule has 1 fully saturated rings. The normalized spacial score (nSPS) is 17.9. The number of fused-ring (bicyclic) bond motifs is 1. The molecule has 1 aliphatic carbocycles. The van der Waals surface area contributed by atoms with Crippen molar-refractivity contribution in [1.82, 2.24) is 4.98 Å². The lowest BCUT2D eigenvalue weighted by molar-refractivity contribution is 0.0995. The molecule has 0 unspecified atom stereocenters. The first-order valence-corrected chi connectivity index (χ1v) is 7.96. The first-order valence-electron chi connectivity index (χ1n) is 7.01. The lowest BCUT2D eigenvalue weighted by Crippen LogP contribution is -2.16. The SMILES string of the molecule is C[C@@H](SC1CCCC1)C(=O)c1c[nH]c2ccccc12. The third-order valence-electron chi connectivity index (χ3n) is 3.92. The number of Topliss-reactive ketones (excluding diaryl/α,β-unsaturated/α-hetero) is 1. The van der Waals surface area contributed by atoms with E-state index in [9.17, 15) is 4.79 Å². The van der Waals surface area contributed by atoms with Gasteiger partial charge in [0.25, 0.3) is 0 Å². The highest BCUT2D eigenvalue weighted by atomic mass is 32.2. The number of hydrogen-bond acceptors (Lipinski definition) is 2. The van der Waals surface area contributed by atoms with Gasteiger partial charge in [-0.25, -0.2) is 0 Å². The summed E-state index contributed by atoms with van der Waals surface area (Å²) in [6, 6.07) is 8.01. The molecule has 0 aliphatic heterocycles. The van der Waals surface area contributed by atoms with Crippen LogP contribution in [-0.4, -0.2) is 21.3 Å². The van der Waals surface area contributed by atoms with Crippen LogP contribution in [-0.2, 0) is 0 Å². The van der Waals surface area contributed by atoms with Crippen molar-refractivity contribution < 1.29 is 4.79 Å². The van der Waals surface area contributed by atoms with Gasteiger partial charge in [-0.2, -0.15) is 0 Å². The maximum absolute atomic E-state index is 12.6. The van der Waals surface area contributed by atoms with Crippen LogP contribution in [0, 0.1) is 0 Å². The second kappa shape index (κ2) is 5.41. The molecule has 0 amide bonds. The van der Waals surface area contributed by atoms with Crippen molar-refractivity contribution in [2.24, 2.45) is 0 Å². The molecular weight excluding hydrogens is 254 g/mol. The van der Waals surface area contributed by atoms with Crippen molar-refractivity contribution in [1.29, 1.82) is 0 Å². The Morgan fingerprint density at radius 1 is 1.32 bits per heavy atom. The molecule has 0 radical (unpaired) electrons. The molecule has 3 heteroatoms. The number of aromatic nitrogens is 1. The number of nitrogens with one attached hydrogen (secondary N) is 1. The summed E-state index contributed by atoms with van der Waals surface area (Å²) in [4.78, 5) is 15.8. The van der Waals surface area contributed by atoms with Crippen LogP contribution in [0.2, 0.25) is 0 Å². The molecule has 1 atom stereocenters. The fourth-order valence-corrected chi connectivity index (χ4v) is 4.30. The summed E-state index contributed by atoms with van der Waals surface area (Å²) in [6.07, 6.45) is 7.06. The average Bonchev–Trinajstić information content (AvgIpc) is 3.06. The zero-order chi connectivity index (χ0) is 13.2. The molecule has 1 heterocycles. The number of hydrogen-bond donors (Lipinski definition) is 1. The Kier molecular flexibility index (Phi) is 3.65. The molecule has 3 rings (SSSR count). The van der Waals surface area contributed by atoms with Gasteiger partial charge in [-0.05, 0) is 25.8 Å². The molecule has 1 aromatic heterocycles. The molecular formula is C16H19NOS. The van der Waals surface area contributed by atoms with Gasteiger partial charge in [-0.15, -0.1) is 11.8 Å². The smallest absolute Gasteiger partial charge is 0.177 e. The molecule has 1 N–H and O–H groups in total. The van der Waals surface area contributed by atoms with Crippen LogP contribution in [0.4, 0.5) is 0 Å². The van der Waals surface area contributed by atoms with Gasteiger partial charge in [0.1, 0.15) is 0 Å². The molecule has 100 valence electrons. The predicted octanol–water partition coefficient (Wildman–Crippen LogP) is 4.41. The molecule has 2 aromatic rings. The van der Waals surface area contributed by atoms with E-state index in [4.69, 9.17) is 0 Å². The van der Waals surface area contributed by atoms with Crippen molar-refractivity contribution in [3.05, 3.63) is 36.0 Å². The number of para-hydroxylation sites is 1. The Morgan fingerprint density at radius 3 is 2.84 bits per heavy atom. The van der Waals surface area contributed by atoms with E-state index in [0.29, 0.717) is 5.25 Å². The van der Waals surface area contributed by atoms with Gasteiger partial charge in [0, 0.05) is 27.9 Å². The van der Waals surface area contributed by atoms with E-state index in [1.165, 1.54) is 25.7 Å². The summed E-state index contributed by atoms with van der Waals surface area (Å²) in [7, 11) is 0. The summed E-state index contributed by atoms with van der Waals surface area (Å²) in [5.74, 6) is 0.259. The minimum atomic E-state index is 0.0577. The first-order chi connectivity index (χ1) is 9.25. The molecule has 0 bridgehead atoms. The summed E-state index contributed by atoms with van der Waals surface area (Å²) in [5.41, 5.74) is 1.89. The highest BCUT2D eigenvalue weighted by Crippen LogP contribution is 2.34. The topological polar surface area (TPSA) is 32.9 Å². The minimum absolute atomic E-state index is 0.0577. The zero-order valence-electron chi connectivity index (χ0n) is 11.2. The fourth-order valence-electron chi connectivity index (χ4n) is 2.87. The molecule has 1 saturated carbocycles. The van der Waals surface area contributed by atoms with Gasteiger partial charge < -0.3 is 4.98 Å². The molecule has 19 heavy (non-hydrogen) atoms. The van der Waals surface area contributed by atoms with Crippen molar-refractivity contribution >= 4 is 28.4 Å². The second-order valence-electron chi connectivity index (χ2n) is 5.30. The maximum atomic E-state index is 12.6. The molecule has 1 aromatic carbocycles. The number of carbonyl (C=O) groups excluding carboxylic acids is 1. The third-order valence-corrected chi connectivity index (χ3v) is 5.40. The van der Waals surface area contributed by atoms with E-state index in [1.54, 1.807) is 0 Å². The Morgan fingerprint density at radius 2 is 2.05 bits per heavy atom. The number of benzene rings is 1. The number of aromatic amines is 1. The zero-order valence-corrected chi connectivity index (χ0v) is 12.0. The van der Waals surface area contributed by atoms with Crippen molar-refractivity contribution in [2.75, 3.05) is 0 Å². The van der Waals surface area contributed by atoms with Crippen LogP contribution in [0.25, 0.3) is 10.9 Å². The van der Waals surface area contributed by atoms with E-state index in [1.807, 2.05) is 49.1 Å². The number of H-pyrrole nitrogens is 1. The van der Waals surface area contributed by atoms with Gasteiger partial charge in [-0.1, -0.05) is 31.0 Å². The Bertz CT molecular complexity index is 583. The van der Waals surface area contributed by atoms with Crippen LogP contribution in [0.5, 0.6) is 0 Å².